The van der Waals surface area contributed by atoms with Crippen molar-refractivity contribution in [3.63, 3.8) is 0 Å². The Morgan fingerprint density at radius 1 is 1.02 bits per heavy atom. The van der Waals surface area contributed by atoms with Gasteiger partial charge in [0.05, 0.1) is 6.42 Å². The third kappa shape index (κ3) is 5.15. The van der Waals surface area contributed by atoms with E-state index in [2.05, 4.69) is 24.1 Å². The minimum atomic E-state index is -1.53. The third-order valence-electron chi connectivity index (χ3n) is 11.9. The molecule has 4 aliphatic carbocycles. The lowest BCUT2D eigenvalue weighted by molar-refractivity contribution is -0.170. The molecule has 0 radical (unpaired) electrons. The monoisotopic (exact) mass is 588 g/mol. The zero-order valence-electron chi connectivity index (χ0n) is 25.4. The summed E-state index contributed by atoms with van der Waals surface area (Å²) in [4.78, 5) is 53.6. The lowest BCUT2D eigenvalue weighted by Gasteiger charge is -2.58. The molecular weight excluding hydrogens is 544 g/mol. The zero-order chi connectivity index (χ0) is 30.4. The van der Waals surface area contributed by atoms with Gasteiger partial charge in [-0.05, 0) is 92.2 Å². The molecule has 0 aliphatic heterocycles. The van der Waals surface area contributed by atoms with Crippen LogP contribution < -0.4 is 5.32 Å². The van der Waals surface area contributed by atoms with Crippen LogP contribution in [0, 0.1) is 28.6 Å². The molecule has 1 heterocycles. The van der Waals surface area contributed by atoms with Gasteiger partial charge in [0, 0.05) is 41.9 Å². The van der Waals surface area contributed by atoms with Crippen molar-refractivity contribution in [1.82, 2.24) is 10.3 Å². The quantitative estimate of drug-likeness (QED) is 0.355. The summed E-state index contributed by atoms with van der Waals surface area (Å²) < 4.78 is 5.30. The van der Waals surface area contributed by atoms with Crippen LogP contribution in [0.5, 0.6) is 0 Å². The zero-order valence-corrected chi connectivity index (χ0v) is 25.4. The van der Waals surface area contributed by atoms with Gasteiger partial charge in [-0.15, -0.1) is 0 Å². The number of allylic oxidation sites excluding steroid dienone is 1. The SMILES string of the molecule is CC12CCC(=O)C=C1CCC1C2CCC2(C)C1CCC2(O)C(=O)COC(=O)CCC(=O)NCCc1c[nH]c2ccccc12. The number of fused-ring (bicyclic) bond motifs is 6. The number of esters is 1. The molecule has 6 rings (SSSR count). The average molecular weight is 589 g/mol. The molecule has 8 heteroatoms. The number of rotatable bonds is 9. The number of carbonyl (C=O) groups is 4. The maximum absolute atomic E-state index is 13.4. The second kappa shape index (κ2) is 11.3. The van der Waals surface area contributed by atoms with Crippen molar-refractivity contribution in [2.24, 2.45) is 28.6 Å². The van der Waals surface area contributed by atoms with Crippen LogP contribution >= 0.6 is 0 Å². The fourth-order valence-electron chi connectivity index (χ4n) is 9.35. The Kier molecular flexibility index (Phi) is 7.86. The molecule has 8 nitrogen and oxygen atoms in total. The van der Waals surface area contributed by atoms with E-state index in [9.17, 15) is 24.3 Å². The van der Waals surface area contributed by atoms with Crippen LogP contribution in [0.15, 0.2) is 42.1 Å². The molecular formula is C35H44N2O6. The molecule has 0 spiro atoms. The molecule has 2 aromatic rings. The van der Waals surface area contributed by atoms with E-state index in [4.69, 9.17) is 4.74 Å². The minimum Gasteiger partial charge on any atom is -0.458 e. The van der Waals surface area contributed by atoms with E-state index in [1.165, 1.54) is 5.57 Å². The van der Waals surface area contributed by atoms with Gasteiger partial charge < -0.3 is 20.1 Å². The third-order valence-corrected chi connectivity index (χ3v) is 11.9. The summed E-state index contributed by atoms with van der Waals surface area (Å²) in [5.74, 6) is 0.0438. The number of aromatic amines is 1. The van der Waals surface area contributed by atoms with Crippen LogP contribution in [0.2, 0.25) is 0 Å². The van der Waals surface area contributed by atoms with E-state index < -0.39 is 29.4 Å². The minimum absolute atomic E-state index is 0.0190. The number of aliphatic hydroxyl groups is 1. The van der Waals surface area contributed by atoms with Gasteiger partial charge in [-0.2, -0.15) is 0 Å². The summed E-state index contributed by atoms with van der Waals surface area (Å²) in [6, 6.07) is 8.00. The molecule has 3 fully saturated rings. The molecule has 4 aliphatic rings. The van der Waals surface area contributed by atoms with Crippen molar-refractivity contribution in [2.45, 2.75) is 90.1 Å². The van der Waals surface area contributed by atoms with Gasteiger partial charge in [-0.3, -0.25) is 19.2 Å². The number of amides is 1. The van der Waals surface area contributed by atoms with E-state index >= 15 is 0 Å². The molecule has 0 saturated heterocycles. The molecule has 1 aromatic heterocycles. The summed E-state index contributed by atoms with van der Waals surface area (Å²) in [6.07, 6.45) is 10.6. The number of aromatic nitrogens is 1. The first kappa shape index (κ1) is 29.8. The molecule has 6 atom stereocenters. The van der Waals surface area contributed by atoms with E-state index in [0.717, 1.165) is 55.0 Å². The summed E-state index contributed by atoms with van der Waals surface area (Å²) in [5, 5.41) is 15.8. The van der Waals surface area contributed by atoms with E-state index in [1.807, 2.05) is 36.5 Å². The second-order valence-electron chi connectivity index (χ2n) is 13.9. The highest BCUT2D eigenvalue weighted by Gasteiger charge is 2.66. The van der Waals surface area contributed by atoms with Crippen LogP contribution in [0.25, 0.3) is 10.9 Å². The number of hydrogen-bond donors (Lipinski definition) is 3. The Hall–Kier alpha value is -3.26. The summed E-state index contributed by atoms with van der Waals surface area (Å²) in [7, 11) is 0. The molecule has 6 unspecified atom stereocenters. The molecule has 230 valence electrons. The maximum Gasteiger partial charge on any atom is 0.306 e. The molecule has 3 N–H and O–H groups in total. The first-order valence-corrected chi connectivity index (χ1v) is 16.0. The number of Topliss-reactive ketones (excluding diaryl/α,β-unsaturated/α-hetero) is 1. The highest BCUT2D eigenvalue weighted by atomic mass is 16.5. The Morgan fingerprint density at radius 3 is 2.65 bits per heavy atom. The van der Waals surface area contributed by atoms with Crippen LogP contribution in [-0.2, 0) is 30.3 Å². The van der Waals surface area contributed by atoms with E-state index in [1.54, 1.807) is 0 Å². The van der Waals surface area contributed by atoms with Crippen molar-refractivity contribution < 1.29 is 29.0 Å². The number of nitrogens with one attached hydrogen (secondary N) is 2. The molecule has 1 amide bonds. The molecule has 43 heavy (non-hydrogen) atoms. The number of H-pyrrole nitrogens is 1. The molecule has 3 saturated carbocycles. The Balaban J connectivity index is 0.982. The van der Waals surface area contributed by atoms with Gasteiger partial charge in [0.2, 0.25) is 11.7 Å². The highest BCUT2D eigenvalue weighted by Crippen LogP contribution is 2.67. The predicted octanol–water partition coefficient (Wildman–Crippen LogP) is 4.98. The van der Waals surface area contributed by atoms with Crippen LogP contribution in [0.4, 0.5) is 0 Å². The highest BCUT2D eigenvalue weighted by molar-refractivity contribution is 5.92. The Morgan fingerprint density at radius 2 is 1.81 bits per heavy atom. The largest absolute Gasteiger partial charge is 0.458 e. The lowest BCUT2D eigenvalue weighted by Crippen LogP contribution is -2.58. The predicted molar refractivity (Wildman–Crippen MR) is 162 cm³/mol. The number of ketones is 2. The van der Waals surface area contributed by atoms with Crippen LogP contribution in [0.3, 0.4) is 0 Å². The number of carbonyl (C=O) groups excluding carboxylic acids is 4. The number of benzene rings is 1. The second-order valence-corrected chi connectivity index (χ2v) is 13.9. The first-order valence-electron chi connectivity index (χ1n) is 16.0. The van der Waals surface area contributed by atoms with Gasteiger partial charge in [-0.1, -0.05) is 37.6 Å². The lowest BCUT2D eigenvalue weighted by atomic mass is 9.46. The normalized spacial score (nSPS) is 33.2. The van der Waals surface area contributed by atoms with Crippen molar-refractivity contribution in [3.8, 4) is 0 Å². The Labute approximate surface area is 253 Å². The summed E-state index contributed by atoms with van der Waals surface area (Å²) in [5.41, 5.74) is 1.41. The van der Waals surface area contributed by atoms with Crippen molar-refractivity contribution >= 4 is 34.3 Å². The Bertz CT molecular complexity index is 1480. The number of hydrogen-bond acceptors (Lipinski definition) is 6. The van der Waals surface area contributed by atoms with Crippen molar-refractivity contribution in [2.75, 3.05) is 13.2 Å². The summed E-state index contributed by atoms with van der Waals surface area (Å²) in [6.45, 7) is 4.36. The van der Waals surface area contributed by atoms with Crippen LogP contribution in [-0.4, -0.2) is 52.3 Å². The fraction of sp³-hybridized carbons (Fsp3) is 0.600. The number of para-hydroxylation sites is 1. The van der Waals surface area contributed by atoms with Gasteiger partial charge >= 0.3 is 5.97 Å². The average Bonchev–Trinajstić information content (AvgIpc) is 3.53. The van der Waals surface area contributed by atoms with Gasteiger partial charge in [0.1, 0.15) is 5.60 Å². The maximum atomic E-state index is 13.4. The van der Waals surface area contributed by atoms with Gasteiger partial charge in [0.25, 0.3) is 0 Å². The topological polar surface area (TPSA) is 126 Å². The molecule has 0 bridgehead atoms. The van der Waals surface area contributed by atoms with E-state index in [0.29, 0.717) is 37.6 Å². The number of ether oxygens (including phenoxy) is 1. The van der Waals surface area contributed by atoms with Gasteiger partial charge in [-0.25, -0.2) is 0 Å². The smallest absolute Gasteiger partial charge is 0.306 e. The van der Waals surface area contributed by atoms with E-state index in [-0.39, 0.29) is 35.9 Å². The summed E-state index contributed by atoms with van der Waals surface area (Å²) >= 11 is 0. The van der Waals surface area contributed by atoms with Crippen molar-refractivity contribution in [1.29, 1.82) is 0 Å². The van der Waals surface area contributed by atoms with Crippen molar-refractivity contribution in [3.05, 3.63) is 47.7 Å². The molecule has 1 aromatic carbocycles. The standard InChI is InChI=1S/C35H44N2O6/c1-33-15-11-24(38)19-23(33)7-8-26-27(33)12-16-34(2)28(26)13-17-35(34,42)30(39)21-43-32(41)10-9-31(40)36-18-14-22-20-37-29-6-4-3-5-25(22)29/h3-6,19-20,26-28,37,42H,7-18,21H2,1-2H3,(H,36,40). The fourth-order valence-corrected chi connectivity index (χ4v) is 9.35. The van der Waals surface area contributed by atoms with Gasteiger partial charge in [0.15, 0.2) is 12.4 Å². The first-order chi connectivity index (χ1) is 20.5. The van der Waals surface area contributed by atoms with Crippen LogP contribution in [0.1, 0.15) is 83.6 Å².